The van der Waals surface area contributed by atoms with Crippen molar-refractivity contribution in [3.63, 3.8) is 0 Å². The van der Waals surface area contributed by atoms with E-state index in [4.69, 9.17) is 9.47 Å². The summed E-state index contributed by atoms with van der Waals surface area (Å²) < 4.78 is 10.5. The number of carbonyl (C=O) groups is 1. The number of methoxy groups -OCH3 is 2. The SMILES string of the molecule is COc1ccc(NC(=O)c2ccnc(Nc3ccc(C)c(C)c3)n2)c(OC)c1. The number of aromatic nitrogens is 2. The van der Waals surface area contributed by atoms with Gasteiger partial charge in [0.25, 0.3) is 5.91 Å². The Morgan fingerprint density at radius 2 is 1.79 bits per heavy atom. The lowest BCUT2D eigenvalue weighted by molar-refractivity contribution is 0.102. The summed E-state index contributed by atoms with van der Waals surface area (Å²) in [5, 5.41) is 5.92. The third-order valence-electron chi connectivity index (χ3n) is 4.31. The summed E-state index contributed by atoms with van der Waals surface area (Å²) in [6.45, 7) is 4.08. The molecule has 3 rings (SSSR count). The Hall–Kier alpha value is -3.61. The number of nitrogens with zero attached hydrogens (tertiary/aromatic N) is 2. The Labute approximate surface area is 163 Å². The van der Waals surface area contributed by atoms with Crippen LogP contribution in [0.5, 0.6) is 11.5 Å². The molecule has 0 radical (unpaired) electrons. The van der Waals surface area contributed by atoms with Crippen molar-refractivity contribution in [3.05, 3.63) is 65.5 Å². The minimum absolute atomic E-state index is 0.235. The maximum atomic E-state index is 12.6. The largest absolute Gasteiger partial charge is 0.497 e. The molecule has 0 aliphatic heterocycles. The predicted molar refractivity (Wildman–Crippen MR) is 109 cm³/mol. The summed E-state index contributed by atoms with van der Waals surface area (Å²) in [5.74, 6) is 1.11. The topological polar surface area (TPSA) is 85.4 Å². The molecule has 3 aromatic rings. The van der Waals surface area contributed by atoms with Crippen molar-refractivity contribution in [2.45, 2.75) is 13.8 Å². The van der Waals surface area contributed by atoms with Crippen LogP contribution in [0.4, 0.5) is 17.3 Å². The summed E-state index contributed by atoms with van der Waals surface area (Å²) in [4.78, 5) is 21.1. The lowest BCUT2D eigenvalue weighted by atomic mass is 10.1. The van der Waals surface area contributed by atoms with Gasteiger partial charge in [-0.3, -0.25) is 4.79 Å². The highest BCUT2D eigenvalue weighted by Gasteiger charge is 2.13. The molecule has 0 spiro atoms. The van der Waals surface area contributed by atoms with Crippen LogP contribution in [0.3, 0.4) is 0 Å². The van der Waals surface area contributed by atoms with Crippen LogP contribution in [0.2, 0.25) is 0 Å². The number of aryl methyl sites for hydroxylation is 2. The number of ether oxygens (including phenoxy) is 2. The number of hydrogen-bond donors (Lipinski definition) is 2. The lowest BCUT2D eigenvalue weighted by Gasteiger charge is -2.12. The molecular weight excluding hydrogens is 356 g/mol. The third-order valence-corrected chi connectivity index (χ3v) is 4.31. The maximum absolute atomic E-state index is 12.6. The van der Waals surface area contributed by atoms with Crippen LogP contribution >= 0.6 is 0 Å². The standard InChI is InChI=1S/C21H22N4O3/c1-13-5-6-15(11-14(13)2)23-21-22-10-9-18(25-21)20(26)24-17-8-7-16(27-3)12-19(17)28-4/h5-12H,1-4H3,(H,24,26)(H,22,23,25). The van der Waals surface area contributed by atoms with Gasteiger partial charge in [0.15, 0.2) is 0 Å². The van der Waals surface area contributed by atoms with Gasteiger partial charge in [0.05, 0.1) is 19.9 Å². The first-order valence-electron chi connectivity index (χ1n) is 8.71. The number of carbonyl (C=O) groups excluding carboxylic acids is 1. The average Bonchev–Trinajstić information content (AvgIpc) is 2.71. The summed E-state index contributed by atoms with van der Waals surface area (Å²) in [6, 6.07) is 12.7. The minimum atomic E-state index is -0.367. The molecule has 2 N–H and O–H groups in total. The van der Waals surface area contributed by atoms with Gasteiger partial charge in [-0.1, -0.05) is 6.07 Å². The van der Waals surface area contributed by atoms with Gasteiger partial charge in [-0.15, -0.1) is 0 Å². The first kappa shape index (κ1) is 19.2. The number of nitrogens with one attached hydrogen (secondary N) is 2. The van der Waals surface area contributed by atoms with Crippen molar-refractivity contribution in [1.29, 1.82) is 0 Å². The molecule has 1 heterocycles. The molecule has 0 unspecified atom stereocenters. The van der Waals surface area contributed by atoms with Crippen LogP contribution in [-0.4, -0.2) is 30.1 Å². The van der Waals surface area contributed by atoms with Crippen molar-refractivity contribution < 1.29 is 14.3 Å². The molecule has 0 saturated heterocycles. The monoisotopic (exact) mass is 378 g/mol. The quantitative estimate of drug-likeness (QED) is 0.671. The van der Waals surface area contributed by atoms with Gasteiger partial charge in [-0.25, -0.2) is 9.97 Å². The fourth-order valence-corrected chi connectivity index (χ4v) is 2.58. The van der Waals surface area contributed by atoms with E-state index in [9.17, 15) is 4.79 Å². The van der Waals surface area contributed by atoms with E-state index in [0.29, 0.717) is 23.1 Å². The zero-order valence-electron chi connectivity index (χ0n) is 16.2. The van der Waals surface area contributed by atoms with Crippen LogP contribution in [0.1, 0.15) is 21.6 Å². The Bertz CT molecular complexity index is 1000. The van der Waals surface area contributed by atoms with E-state index < -0.39 is 0 Å². The van der Waals surface area contributed by atoms with Gasteiger partial charge in [-0.2, -0.15) is 0 Å². The van der Waals surface area contributed by atoms with Gasteiger partial charge < -0.3 is 20.1 Å². The Morgan fingerprint density at radius 3 is 2.50 bits per heavy atom. The summed E-state index contributed by atoms with van der Waals surface area (Å²) in [6.07, 6.45) is 1.54. The maximum Gasteiger partial charge on any atom is 0.274 e. The van der Waals surface area contributed by atoms with Gasteiger partial charge in [-0.05, 0) is 55.3 Å². The summed E-state index contributed by atoms with van der Waals surface area (Å²) in [7, 11) is 3.10. The highest BCUT2D eigenvalue weighted by molar-refractivity contribution is 6.03. The van der Waals surface area contributed by atoms with E-state index in [1.165, 1.54) is 18.9 Å². The molecule has 2 aromatic carbocycles. The van der Waals surface area contributed by atoms with E-state index in [1.807, 2.05) is 32.0 Å². The van der Waals surface area contributed by atoms with Crippen molar-refractivity contribution >= 4 is 23.2 Å². The van der Waals surface area contributed by atoms with Crippen molar-refractivity contribution in [2.75, 3.05) is 24.9 Å². The Balaban J connectivity index is 1.78. The van der Waals surface area contributed by atoms with Crippen molar-refractivity contribution in [2.24, 2.45) is 0 Å². The first-order valence-corrected chi connectivity index (χ1v) is 8.71. The fourth-order valence-electron chi connectivity index (χ4n) is 2.58. The van der Waals surface area contributed by atoms with E-state index in [-0.39, 0.29) is 11.6 Å². The second-order valence-electron chi connectivity index (χ2n) is 6.21. The van der Waals surface area contributed by atoms with Crippen LogP contribution in [0.15, 0.2) is 48.7 Å². The molecule has 0 aliphatic rings. The number of benzene rings is 2. The number of hydrogen-bond acceptors (Lipinski definition) is 6. The predicted octanol–water partition coefficient (Wildman–Crippen LogP) is 4.11. The third kappa shape index (κ3) is 4.37. The van der Waals surface area contributed by atoms with E-state index in [1.54, 1.807) is 31.4 Å². The molecule has 144 valence electrons. The van der Waals surface area contributed by atoms with Crippen molar-refractivity contribution in [1.82, 2.24) is 9.97 Å². The van der Waals surface area contributed by atoms with Gasteiger partial charge in [0.1, 0.15) is 17.2 Å². The lowest BCUT2D eigenvalue weighted by Crippen LogP contribution is -2.15. The van der Waals surface area contributed by atoms with Crippen LogP contribution in [-0.2, 0) is 0 Å². The zero-order chi connectivity index (χ0) is 20.1. The van der Waals surface area contributed by atoms with Gasteiger partial charge >= 0.3 is 0 Å². The second kappa shape index (κ2) is 8.39. The number of anilines is 3. The minimum Gasteiger partial charge on any atom is -0.497 e. The van der Waals surface area contributed by atoms with Crippen molar-refractivity contribution in [3.8, 4) is 11.5 Å². The fraction of sp³-hybridized carbons (Fsp3) is 0.190. The Kier molecular flexibility index (Phi) is 5.74. The van der Waals surface area contributed by atoms with E-state index >= 15 is 0 Å². The van der Waals surface area contributed by atoms with Gasteiger partial charge in [0.2, 0.25) is 5.95 Å². The molecule has 0 atom stereocenters. The molecule has 28 heavy (non-hydrogen) atoms. The summed E-state index contributed by atoms with van der Waals surface area (Å²) in [5.41, 5.74) is 3.98. The molecule has 0 aliphatic carbocycles. The molecule has 7 nitrogen and oxygen atoms in total. The van der Waals surface area contributed by atoms with E-state index in [0.717, 1.165) is 11.3 Å². The molecule has 0 bridgehead atoms. The number of rotatable bonds is 6. The highest BCUT2D eigenvalue weighted by Crippen LogP contribution is 2.29. The van der Waals surface area contributed by atoms with Crippen LogP contribution in [0, 0.1) is 13.8 Å². The molecule has 7 heteroatoms. The van der Waals surface area contributed by atoms with Crippen LogP contribution < -0.4 is 20.1 Å². The zero-order valence-corrected chi connectivity index (χ0v) is 16.2. The molecule has 0 saturated carbocycles. The normalized spacial score (nSPS) is 10.3. The molecule has 1 aromatic heterocycles. The first-order chi connectivity index (χ1) is 13.5. The average molecular weight is 378 g/mol. The molecule has 0 fully saturated rings. The van der Waals surface area contributed by atoms with Crippen LogP contribution in [0.25, 0.3) is 0 Å². The van der Waals surface area contributed by atoms with Gasteiger partial charge in [0, 0.05) is 18.0 Å². The second-order valence-corrected chi connectivity index (χ2v) is 6.21. The molecule has 1 amide bonds. The highest BCUT2D eigenvalue weighted by atomic mass is 16.5. The summed E-state index contributed by atoms with van der Waals surface area (Å²) >= 11 is 0. The Morgan fingerprint density at radius 1 is 0.964 bits per heavy atom. The smallest absolute Gasteiger partial charge is 0.274 e. The number of amides is 1. The van der Waals surface area contributed by atoms with E-state index in [2.05, 4.69) is 20.6 Å². The molecular formula is C21H22N4O3.